The number of carbonyl (C=O) groups excluding carboxylic acids is 3. The van der Waals surface area contributed by atoms with Crippen LogP contribution in [0.4, 0.5) is 0 Å². The molecule has 176 valence electrons. The topological polar surface area (TPSA) is 60.4 Å². The predicted molar refractivity (Wildman–Crippen MR) is 127 cm³/mol. The predicted octanol–water partition coefficient (Wildman–Crippen LogP) is 6.19. The SMILES string of the molecule is [2H]C(=O)c1cccc(C(=O)O[C@H]2CC[C@@]3(C)C(=CC[C@H]4[C@@H]5CC[C@H](C(C)=O)[C@@]5(C)CC[C@@H]43)C2)c1. The van der Waals surface area contributed by atoms with Crippen LogP contribution in [0.25, 0.3) is 0 Å². The number of esters is 1. The van der Waals surface area contributed by atoms with E-state index in [1.165, 1.54) is 24.5 Å². The van der Waals surface area contributed by atoms with Gasteiger partial charge in [0, 0.05) is 17.9 Å². The zero-order chi connectivity index (χ0) is 24.3. The molecular weight excluding hydrogens is 412 g/mol. The lowest BCUT2D eigenvalue weighted by Gasteiger charge is -2.58. The average molecular weight is 450 g/mol. The third-order valence-corrected chi connectivity index (χ3v) is 10.0. The summed E-state index contributed by atoms with van der Waals surface area (Å²) in [5.41, 5.74) is 2.29. The van der Waals surface area contributed by atoms with Crippen molar-refractivity contribution < 1.29 is 20.5 Å². The molecule has 3 saturated carbocycles. The Bertz CT molecular complexity index is 1060. The lowest BCUT2D eigenvalue weighted by Crippen LogP contribution is -2.51. The van der Waals surface area contributed by atoms with Crippen molar-refractivity contribution in [2.45, 2.75) is 78.2 Å². The highest BCUT2D eigenvalue weighted by atomic mass is 16.5. The lowest BCUT2D eigenvalue weighted by atomic mass is 9.47. The first kappa shape index (κ1) is 21.3. The maximum atomic E-state index is 12.8. The zero-order valence-electron chi connectivity index (χ0n) is 21.1. The van der Waals surface area contributed by atoms with Crippen molar-refractivity contribution >= 4 is 18.0 Å². The van der Waals surface area contributed by atoms with Crippen LogP contribution in [0.3, 0.4) is 0 Å². The van der Waals surface area contributed by atoms with Gasteiger partial charge in [0.25, 0.3) is 0 Å². The van der Waals surface area contributed by atoms with Gasteiger partial charge < -0.3 is 4.74 Å². The fourth-order valence-electron chi connectivity index (χ4n) is 8.32. The van der Waals surface area contributed by atoms with Gasteiger partial charge in [-0.2, -0.15) is 0 Å². The smallest absolute Gasteiger partial charge is 0.338 e. The largest absolute Gasteiger partial charge is 0.458 e. The van der Waals surface area contributed by atoms with E-state index in [2.05, 4.69) is 19.9 Å². The summed E-state index contributed by atoms with van der Waals surface area (Å²) in [6.07, 6.45) is 9.78. The molecule has 4 nitrogen and oxygen atoms in total. The van der Waals surface area contributed by atoms with Crippen molar-refractivity contribution in [1.82, 2.24) is 0 Å². The van der Waals surface area contributed by atoms with Crippen molar-refractivity contribution in [3.8, 4) is 0 Å². The highest BCUT2D eigenvalue weighted by molar-refractivity contribution is 5.91. The number of allylic oxidation sites excluding steroid dienone is 1. The third kappa shape index (κ3) is 3.61. The standard InChI is InChI=1S/C29H36O4/c1-18(31)24-9-10-25-23-8-7-21-16-22(33-27(32)20-6-4-5-19(15-20)17-30)11-13-28(21,2)26(23)12-14-29(24,25)3/h4-7,15,17,22-26H,8-14,16H2,1-3H3/t22-,23-,24+,25-,26-,28-,29+/m0/s1/i17D. The number of Topliss-reactive ketones (excluding diaryl/α,β-unsaturated/α-hetero) is 1. The molecule has 0 N–H and O–H groups in total. The molecule has 5 rings (SSSR count). The minimum Gasteiger partial charge on any atom is -0.458 e. The summed E-state index contributed by atoms with van der Waals surface area (Å²) >= 11 is 0. The molecule has 0 heterocycles. The lowest BCUT2D eigenvalue weighted by molar-refractivity contribution is -0.127. The Morgan fingerprint density at radius 1 is 1.12 bits per heavy atom. The summed E-state index contributed by atoms with van der Waals surface area (Å²) in [7, 11) is 0. The van der Waals surface area contributed by atoms with Gasteiger partial charge >= 0.3 is 5.97 Å². The van der Waals surface area contributed by atoms with Crippen LogP contribution in [-0.2, 0) is 9.53 Å². The molecule has 7 atom stereocenters. The van der Waals surface area contributed by atoms with Gasteiger partial charge in [-0.15, -0.1) is 0 Å². The first-order chi connectivity index (χ1) is 16.1. The number of ether oxygens (including phenoxy) is 1. The van der Waals surface area contributed by atoms with Gasteiger partial charge in [0.15, 0.2) is 0 Å². The van der Waals surface area contributed by atoms with Gasteiger partial charge in [-0.05, 0) is 92.6 Å². The van der Waals surface area contributed by atoms with Gasteiger partial charge in [-0.25, -0.2) is 4.79 Å². The zero-order valence-corrected chi connectivity index (χ0v) is 20.1. The molecular formula is C29H36O4. The number of aldehydes is 1. The summed E-state index contributed by atoms with van der Waals surface area (Å²) < 4.78 is 13.2. The fourth-order valence-corrected chi connectivity index (χ4v) is 8.32. The van der Waals surface area contributed by atoms with E-state index in [4.69, 9.17) is 6.11 Å². The van der Waals surface area contributed by atoms with Crippen LogP contribution in [0, 0.1) is 34.5 Å². The normalized spacial score (nSPS) is 39.9. The maximum Gasteiger partial charge on any atom is 0.338 e. The van der Waals surface area contributed by atoms with Gasteiger partial charge in [0.05, 0.1) is 5.56 Å². The van der Waals surface area contributed by atoms with Gasteiger partial charge in [-0.1, -0.05) is 37.6 Å². The van der Waals surface area contributed by atoms with E-state index >= 15 is 0 Å². The minimum absolute atomic E-state index is 0.152. The van der Waals surface area contributed by atoms with Crippen molar-refractivity contribution in [2.24, 2.45) is 34.5 Å². The first-order valence-electron chi connectivity index (χ1n) is 13.2. The van der Waals surface area contributed by atoms with E-state index in [0.29, 0.717) is 29.1 Å². The number of hydrogen-bond acceptors (Lipinski definition) is 4. The van der Waals surface area contributed by atoms with Crippen LogP contribution in [0.2, 0.25) is 0 Å². The number of benzene rings is 1. The number of carbonyl (C=O) groups is 3. The quantitative estimate of drug-likeness (QED) is 0.312. The molecule has 1 aromatic rings. The van der Waals surface area contributed by atoms with E-state index in [9.17, 15) is 14.4 Å². The number of fused-ring (bicyclic) bond motifs is 5. The Balaban J connectivity index is 1.31. The Kier molecular flexibility index (Phi) is 5.31. The van der Waals surface area contributed by atoms with Crippen molar-refractivity contribution in [3.05, 3.63) is 47.0 Å². The number of ketones is 1. The highest BCUT2D eigenvalue weighted by Crippen LogP contribution is 2.66. The van der Waals surface area contributed by atoms with E-state index in [1.807, 2.05) is 0 Å². The monoisotopic (exact) mass is 449 g/mol. The van der Waals surface area contributed by atoms with E-state index < -0.39 is 12.2 Å². The summed E-state index contributed by atoms with van der Waals surface area (Å²) in [5.74, 6) is 2.13. The summed E-state index contributed by atoms with van der Waals surface area (Å²) in [4.78, 5) is 36.5. The molecule has 0 spiro atoms. The molecule has 4 heteroatoms. The van der Waals surface area contributed by atoms with Crippen LogP contribution in [0.5, 0.6) is 0 Å². The van der Waals surface area contributed by atoms with Crippen LogP contribution in [-0.4, -0.2) is 24.1 Å². The van der Waals surface area contributed by atoms with Crippen molar-refractivity contribution in [2.75, 3.05) is 0 Å². The second-order valence-electron chi connectivity index (χ2n) is 11.5. The Morgan fingerprint density at radius 3 is 2.70 bits per heavy atom. The Labute approximate surface area is 198 Å². The second kappa shape index (κ2) is 8.21. The number of rotatable bonds is 4. The van der Waals surface area contributed by atoms with Crippen molar-refractivity contribution in [3.63, 3.8) is 0 Å². The summed E-state index contributed by atoms with van der Waals surface area (Å²) in [5, 5.41) is 0. The number of hydrogen-bond donors (Lipinski definition) is 0. The molecule has 0 saturated heterocycles. The molecule has 0 aromatic heterocycles. The molecule has 0 amide bonds. The second-order valence-corrected chi connectivity index (χ2v) is 11.5. The Hall–Kier alpha value is -2.23. The third-order valence-electron chi connectivity index (χ3n) is 10.0. The summed E-state index contributed by atoms with van der Waals surface area (Å²) in [6.45, 7) is 6.60. The van der Waals surface area contributed by atoms with Gasteiger partial charge in [0.1, 0.15) is 19.5 Å². The molecule has 4 aliphatic carbocycles. The Morgan fingerprint density at radius 2 is 1.94 bits per heavy atom. The van der Waals surface area contributed by atoms with Gasteiger partial charge in [-0.3, -0.25) is 9.59 Å². The first-order valence-corrected chi connectivity index (χ1v) is 12.7. The highest BCUT2D eigenvalue weighted by Gasteiger charge is 2.59. The van der Waals surface area contributed by atoms with Crippen LogP contribution in [0.1, 0.15) is 94.2 Å². The van der Waals surface area contributed by atoms with Crippen LogP contribution in [0.15, 0.2) is 35.9 Å². The van der Waals surface area contributed by atoms with Gasteiger partial charge in [0.2, 0.25) is 0 Å². The molecule has 1 aromatic carbocycles. The van der Waals surface area contributed by atoms with Crippen LogP contribution < -0.4 is 0 Å². The molecule has 0 bridgehead atoms. The average Bonchev–Trinajstić information content (AvgIpc) is 3.17. The summed E-state index contributed by atoms with van der Waals surface area (Å²) in [6, 6.07) is 6.25. The molecule has 3 fully saturated rings. The van der Waals surface area contributed by atoms with E-state index in [0.717, 1.165) is 38.5 Å². The molecule has 0 unspecified atom stereocenters. The van der Waals surface area contributed by atoms with Crippen molar-refractivity contribution in [1.29, 1.82) is 0 Å². The minimum atomic E-state index is -0.800. The van der Waals surface area contributed by atoms with E-state index in [1.54, 1.807) is 25.1 Å². The molecule has 0 aliphatic heterocycles. The molecule has 33 heavy (non-hydrogen) atoms. The van der Waals surface area contributed by atoms with Crippen LogP contribution >= 0.6 is 0 Å². The van der Waals surface area contributed by atoms with E-state index in [-0.39, 0.29) is 28.4 Å². The fraction of sp³-hybridized carbons (Fsp3) is 0.621. The molecule has 0 radical (unpaired) electrons. The maximum absolute atomic E-state index is 12.8. The molecule has 4 aliphatic rings.